The van der Waals surface area contributed by atoms with Gasteiger partial charge >= 0.3 is 0 Å². The molecule has 0 amide bonds. The summed E-state index contributed by atoms with van der Waals surface area (Å²) in [6, 6.07) is 48.6. The van der Waals surface area contributed by atoms with Crippen molar-refractivity contribution in [3.8, 4) is 22.3 Å². The van der Waals surface area contributed by atoms with Gasteiger partial charge in [0.1, 0.15) is 5.00 Å². The predicted octanol–water partition coefficient (Wildman–Crippen LogP) is 12.1. The Morgan fingerprint density at radius 1 is 0.640 bits per heavy atom. The Labute approximate surface area is 294 Å². The van der Waals surface area contributed by atoms with Crippen LogP contribution >= 0.6 is 11.3 Å². The molecule has 0 spiro atoms. The first-order valence-electron chi connectivity index (χ1n) is 17.3. The Kier molecular flexibility index (Phi) is 6.88. The lowest BCUT2D eigenvalue weighted by Gasteiger charge is -2.20. The van der Waals surface area contributed by atoms with Gasteiger partial charge in [0.15, 0.2) is 0 Å². The fourth-order valence-electron chi connectivity index (χ4n) is 7.78. The van der Waals surface area contributed by atoms with E-state index in [0.717, 1.165) is 41.4 Å². The number of benzene rings is 6. The molecule has 1 N–H and O–H groups in total. The van der Waals surface area contributed by atoms with Crippen molar-refractivity contribution in [3.63, 3.8) is 0 Å². The molecule has 6 aromatic carbocycles. The van der Waals surface area contributed by atoms with E-state index in [0.29, 0.717) is 0 Å². The van der Waals surface area contributed by atoms with Gasteiger partial charge in [0.25, 0.3) is 0 Å². The minimum atomic E-state index is 0.815. The highest BCUT2D eigenvalue weighted by Gasteiger charge is 2.24. The first kappa shape index (κ1) is 29.0. The average Bonchev–Trinajstić information content (AvgIpc) is 3.67. The zero-order valence-corrected chi connectivity index (χ0v) is 28.3. The summed E-state index contributed by atoms with van der Waals surface area (Å²) in [5.41, 5.74) is 11.9. The highest BCUT2D eigenvalue weighted by Crippen LogP contribution is 2.46. The van der Waals surface area contributed by atoms with E-state index < -0.39 is 0 Å². The van der Waals surface area contributed by atoms with Crippen LogP contribution in [0.5, 0.6) is 0 Å². The lowest BCUT2D eigenvalue weighted by Crippen LogP contribution is -2.18. The van der Waals surface area contributed by atoms with Crippen LogP contribution in [0, 0.1) is 0 Å². The molecule has 0 fully saturated rings. The normalized spacial score (nSPS) is 14.6. The van der Waals surface area contributed by atoms with Crippen LogP contribution in [0.15, 0.2) is 168 Å². The fourth-order valence-corrected chi connectivity index (χ4v) is 8.93. The molecule has 4 heteroatoms. The Bertz CT molecular complexity index is 2740. The molecule has 0 atom stereocenters. The molecule has 8 aromatic rings. The molecular weight excluding hydrogens is 627 g/mol. The van der Waals surface area contributed by atoms with Crippen molar-refractivity contribution in [1.29, 1.82) is 0 Å². The van der Waals surface area contributed by atoms with Gasteiger partial charge in [-0.25, -0.2) is 4.99 Å². The minimum absolute atomic E-state index is 0.815. The molecule has 238 valence electrons. The van der Waals surface area contributed by atoms with E-state index in [1.165, 1.54) is 70.5 Å². The van der Waals surface area contributed by atoms with Crippen LogP contribution in [0.3, 0.4) is 0 Å². The number of nitrogens with zero attached hydrogens (tertiary/aromatic N) is 2. The summed E-state index contributed by atoms with van der Waals surface area (Å²) in [5, 5.41) is 10.9. The molecule has 0 radical (unpaired) electrons. The summed E-state index contributed by atoms with van der Waals surface area (Å²) in [7, 11) is 0. The number of fused-ring (bicyclic) bond motifs is 7. The monoisotopic (exact) mass is 659 g/mol. The quantitative estimate of drug-likeness (QED) is 0.200. The van der Waals surface area contributed by atoms with Gasteiger partial charge in [-0.2, -0.15) is 0 Å². The number of aliphatic imine (C=N–C) groups is 1. The zero-order valence-electron chi connectivity index (χ0n) is 27.4. The van der Waals surface area contributed by atoms with E-state index >= 15 is 0 Å². The highest BCUT2D eigenvalue weighted by molar-refractivity contribution is 7.23. The number of thiophene rings is 1. The second-order valence-electron chi connectivity index (χ2n) is 13.1. The van der Waals surface area contributed by atoms with E-state index in [-0.39, 0.29) is 0 Å². The number of hydrogen-bond acceptors (Lipinski definition) is 3. The summed E-state index contributed by atoms with van der Waals surface area (Å²) in [6.45, 7) is 0.815. The second kappa shape index (κ2) is 11.9. The van der Waals surface area contributed by atoms with E-state index in [9.17, 15) is 0 Å². The summed E-state index contributed by atoms with van der Waals surface area (Å²) in [6.07, 6.45) is 10.8. The number of rotatable bonds is 4. The number of hydrogen-bond donors (Lipinski definition) is 1. The van der Waals surface area contributed by atoms with Gasteiger partial charge in [0.05, 0.1) is 22.4 Å². The second-order valence-corrected chi connectivity index (χ2v) is 14.1. The van der Waals surface area contributed by atoms with Crippen molar-refractivity contribution in [3.05, 3.63) is 169 Å². The molecule has 4 heterocycles. The molecule has 50 heavy (non-hydrogen) atoms. The number of aromatic nitrogens is 1. The molecule has 3 nitrogen and oxygen atoms in total. The molecule has 10 rings (SSSR count). The maximum absolute atomic E-state index is 5.66. The summed E-state index contributed by atoms with van der Waals surface area (Å²) in [4.78, 5) is 5.66. The predicted molar refractivity (Wildman–Crippen MR) is 215 cm³/mol. The largest absolute Gasteiger partial charge is 0.387 e. The van der Waals surface area contributed by atoms with Crippen molar-refractivity contribution in [2.24, 2.45) is 4.99 Å². The van der Waals surface area contributed by atoms with E-state index in [4.69, 9.17) is 4.99 Å². The summed E-state index contributed by atoms with van der Waals surface area (Å²) < 4.78 is 3.73. The smallest absolute Gasteiger partial charge is 0.121 e. The fraction of sp³-hybridized carbons (Fsp3) is 0.0652. The molecule has 2 aliphatic rings. The first-order chi connectivity index (χ1) is 24.8. The third-order valence-electron chi connectivity index (χ3n) is 10.1. The Morgan fingerprint density at radius 3 is 2.10 bits per heavy atom. The van der Waals surface area contributed by atoms with Gasteiger partial charge in [-0.05, 0) is 87.1 Å². The zero-order chi connectivity index (χ0) is 33.0. The standard InChI is InChI=1S/C46H33N3S/c1-3-13-30(14-4-1)37-27-40-36-21-11-23-42(49-41-22-10-9-20-35(41)39-25-32-17-7-8-18-33(32)26-43(39)49)45(34-19-12-24-47-29-34)48-46(36)50-44(40)28-38(37)31-15-5-2-6-16-31/h1-10,12-20,22-23,25-29,47H,11,21,24H2. The number of para-hydroxylation sites is 1. The average molecular weight is 660 g/mol. The number of dihydropyridines is 1. The van der Waals surface area contributed by atoms with Crippen LogP contribution in [-0.2, 0) is 6.42 Å². The van der Waals surface area contributed by atoms with Crippen molar-refractivity contribution >= 4 is 70.4 Å². The number of allylic oxidation sites excluding steroid dienone is 4. The minimum Gasteiger partial charge on any atom is -0.387 e. The van der Waals surface area contributed by atoms with Gasteiger partial charge in [-0.1, -0.05) is 121 Å². The Hall–Kier alpha value is -5.97. The van der Waals surface area contributed by atoms with Crippen molar-refractivity contribution in [2.75, 3.05) is 6.54 Å². The molecular formula is C46H33N3S. The Morgan fingerprint density at radius 2 is 1.34 bits per heavy atom. The number of nitrogens with one attached hydrogen (secondary N) is 1. The lowest BCUT2D eigenvalue weighted by molar-refractivity contribution is 0.964. The van der Waals surface area contributed by atoms with E-state index in [1.54, 1.807) is 0 Å². The maximum atomic E-state index is 5.66. The summed E-state index contributed by atoms with van der Waals surface area (Å²) in [5.74, 6) is 0. The molecule has 0 bridgehead atoms. The Balaban J connectivity index is 1.23. The molecule has 0 aliphatic carbocycles. The van der Waals surface area contributed by atoms with Gasteiger partial charge in [-0.15, -0.1) is 11.3 Å². The van der Waals surface area contributed by atoms with Gasteiger partial charge in [0, 0.05) is 33.8 Å². The molecule has 0 saturated heterocycles. The third kappa shape index (κ3) is 4.75. The first-order valence-corrected chi connectivity index (χ1v) is 18.1. The van der Waals surface area contributed by atoms with Crippen LogP contribution in [-0.4, -0.2) is 16.8 Å². The van der Waals surface area contributed by atoms with E-state index in [2.05, 4.69) is 168 Å². The SMILES string of the molecule is C1=CC(C2=Nc3sc4cc(-c5ccccc5)c(-c5ccccc5)cc4c3CCC=C2n2c3ccccc3c3cc4ccccc4cc32)=CNC1. The summed E-state index contributed by atoms with van der Waals surface area (Å²) >= 11 is 1.82. The van der Waals surface area contributed by atoms with Crippen LogP contribution in [0.4, 0.5) is 5.00 Å². The van der Waals surface area contributed by atoms with Crippen LogP contribution in [0.1, 0.15) is 12.0 Å². The van der Waals surface area contributed by atoms with Crippen molar-refractivity contribution in [2.45, 2.75) is 12.8 Å². The molecule has 2 aliphatic heterocycles. The van der Waals surface area contributed by atoms with Gasteiger partial charge < -0.3 is 9.88 Å². The van der Waals surface area contributed by atoms with Crippen LogP contribution < -0.4 is 5.32 Å². The maximum Gasteiger partial charge on any atom is 0.121 e. The van der Waals surface area contributed by atoms with Crippen LogP contribution in [0.2, 0.25) is 0 Å². The molecule has 0 saturated carbocycles. The third-order valence-corrected chi connectivity index (χ3v) is 11.2. The van der Waals surface area contributed by atoms with E-state index in [1.807, 2.05) is 11.3 Å². The van der Waals surface area contributed by atoms with Gasteiger partial charge in [0.2, 0.25) is 0 Å². The highest BCUT2D eigenvalue weighted by atomic mass is 32.1. The van der Waals surface area contributed by atoms with Crippen molar-refractivity contribution in [1.82, 2.24) is 9.88 Å². The lowest BCUT2D eigenvalue weighted by atomic mass is 9.92. The molecule has 0 unspecified atom stereocenters. The van der Waals surface area contributed by atoms with Crippen LogP contribution in [0.25, 0.3) is 70.6 Å². The number of aryl methyl sites for hydroxylation is 1. The molecule has 2 aromatic heterocycles. The topological polar surface area (TPSA) is 29.3 Å². The van der Waals surface area contributed by atoms with Gasteiger partial charge in [-0.3, -0.25) is 0 Å². The van der Waals surface area contributed by atoms with Crippen molar-refractivity contribution < 1.29 is 0 Å².